The molecule has 2 heterocycles. The molecule has 0 bridgehead atoms. The van der Waals surface area contributed by atoms with Crippen molar-refractivity contribution in [3.8, 4) is 0 Å². The van der Waals surface area contributed by atoms with Gasteiger partial charge >= 0.3 is 6.09 Å². The van der Waals surface area contributed by atoms with Crippen molar-refractivity contribution in [3.05, 3.63) is 45.7 Å². The highest BCUT2D eigenvalue weighted by molar-refractivity contribution is 5.97. The molecule has 150 valence electrons. The molecular weight excluding hydrogens is 356 g/mol. The predicted molar refractivity (Wildman–Crippen MR) is 109 cm³/mol. The lowest BCUT2D eigenvalue weighted by molar-refractivity contribution is 0.0174. The number of amides is 1. The second-order valence-corrected chi connectivity index (χ2v) is 8.58. The summed E-state index contributed by atoms with van der Waals surface area (Å²) in [6.45, 7) is 10.0. The summed E-state index contributed by atoms with van der Waals surface area (Å²) in [5.41, 5.74) is 1.16. The first-order chi connectivity index (χ1) is 13.1. The monoisotopic (exact) mass is 384 g/mol. The van der Waals surface area contributed by atoms with E-state index in [-0.39, 0.29) is 28.9 Å². The second kappa shape index (κ2) is 7.41. The number of fused-ring (bicyclic) bond motifs is 1. The van der Waals surface area contributed by atoms with Crippen molar-refractivity contribution in [1.82, 2.24) is 9.47 Å². The maximum Gasteiger partial charge on any atom is 0.410 e. The number of piperidine rings is 1. The van der Waals surface area contributed by atoms with E-state index >= 15 is 0 Å². The molecule has 1 aromatic carbocycles. The molecule has 0 spiro atoms. The Morgan fingerprint density at radius 3 is 2.57 bits per heavy atom. The molecule has 1 saturated heterocycles. The zero-order chi connectivity index (χ0) is 20.6. The maximum atomic E-state index is 12.8. The third-order valence-corrected chi connectivity index (χ3v) is 5.01. The van der Waals surface area contributed by atoms with Gasteiger partial charge in [0.05, 0.1) is 17.1 Å². The molecular formula is C22H28N2O4. The van der Waals surface area contributed by atoms with E-state index in [2.05, 4.69) is 0 Å². The number of rotatable bonds is 2. The first kappa shape index (κ1) is 20.1. The fourth-order valence-corrected chi connectivity index (χ4v) is 3.70. The molecule has 1 fully saturated rings. The van der Waals surface area contributed by atoms with Crippen molar-refractivity contribution in [2.24, 2.45) is 0 Å². The van der Waals surface area contributed by atoms with Crippen LogP contribution in [0.5, 0.6) is 0 Å². The highest BCUT2D eigenvalue weighted by Gasteiger charge is 2.29. The summed E-state index contributed by atoms with van der Waals surface area (Å²) in [4.78, 5) is 39.1. The summed E-state index contributed by atoms with van der Waals surface area (Å²) >= 11 is 0. The number of likely N-dealkylation sites (tertiary alicyclic amines) is 1. The van der Waals surface area contributed by atoms with Crippen molar-refractivity contribution >= 4 is 22.8 Å². The van der Waals surface area contributed by atoms with Crippen LogP contribution >= 0.6 is 0 Å². The second-order valence-electron chi connectivity index (χ2n) is 8.58. The Bertz CT molecular complexity index is 984. The molecule has 3 rings (SSSR count). The van der Waals surface area contributed by atoms with Gasteiger partial charge in [-0.05, 0) is 59.6 Å². The zero-order valence-corrected chi connectivity index (χ0v) is 17.2. The third-order valence-electron chi connectivity index (χ3n) is 5.01. The van der Waals surface area contributed by atoms with Crippen LogP contribution < -0.4 is 5.43 Å². The fraction of sp³-hybridized carbons (Fsp3) is 0.500. The van der Waals surface area contributed by atoms with Crippen LogP contribution in [0.25, 0.3) is 10.9 Å². The largest absolute Gasteiger partial charge is 0.444 e. The lowest BCUT2D eigenvalue weighted by atomic mass is 10.0. The molecule has 0 unspecified atom stereocenters. The average molecular weight is 384 g/mol. The summed E-state index contributed by atoms with van der Waals surface area (Å²) in [7, 11) is 0. The maximum absolute atomic E-state index is 12.8. The van der Waals surface area contributed by atoms with Gasteiger partial charge in [0.1, 0.15) is 5.60 Å². The van der Waals surface area contributed by atoms with Crippen LogP contribution in [0.15, 0.2) is 29.2 Å². The van der Waals surface area contributed by atoms with E-state index in [1.165, 1.54) is 6.92 Å². The van der Waals surface area contributed by atoms with Crippen molar-refractivity contribution in [3.63, 3.8) is 0 Å². The molecule has 6 heteroatoms. The Balaban J connectivity index is 2.03. The number of Topliss-reactive ketones (excluding diaryl/α,β-unsaturated/α-hetero) is 1. The average Bonchev–Trinajstić information content (AvgIpc) is 2.61. The van der Waals surface area contributed by atoms with E-state index < -0.39 is 5.60 Å². The number of aryl methyl sites for hydroxylation is 1. The van der Waals surface area contributed by atoms with Crippen molar-refractivity contribution < 1.29 is 14.3 Å². The Morgan fingerprint density at radius 1 is 1.21 bits per heavy atom. The highest BCUT2D eigenvalue weighted by Crippen LogP contribution is 2.27. The minimum Gasteiger partial charge on any atom is -0.444 e. The van der Waals surface area contributed by atoms with Crippen molar-refractivity contribution in [2.45, 2.75) is 59.1 Å². The van der Waals surface area contributed by atoms with Gasteiger partial charge in [0, 0.05) is 24.7 Å². The number of carbonyl (C=O) groups is 2. The Labute approximate surface area is 165 Å². The summed E-state index contributed by atoms with van der Waals surface area (Å²) < 4.78 is 7.51. The van der Waals surface area contributed by atoms with Gasteiger partial charge in [-0.1, -0.05) is 11.6 Å². The number of pyridine rings is 1. The molecule has 0 radical (unpaired) electrons. The normalized spacial score (nSPS) is 17.6. The first-order valence-electron chi connectivity index (χ1n) is 9.71. The van der Waals surface area contributed by atoms with E-state index in [1.54, 1.807) is 11.1 Å². The number of hydrogen-bond donors (Lipinski definition) is 0. The van der Waals surface area contributed by atoms with Gasteiger partial charge in [-0.3, -0.25) is 9.59 Å². The molecule has 1 aromatic heterocycles. The molecule has 28 heavy (non-hydrogen) atoms. The highest BCUT2D eigenvalue weighted by atomic mass is 16.6. The molecule has 0 N–H and O–H groups in total. The smallest absolute Gasteiger partial charge is 0.410 e. The zero-order valence-electron chi connectivity index (χ0n) is 17.2. The molecule has 1 aliphatic rings. The van der Waals surface area contributed by atoms with Gasteiger partial charge in [0.15, 0.2) is 11.2 Å². The Hall–Kier alpha value is -2.63. The minimum atomic E-state index is -0.548. The topological polar surface area (TPSA) is 68.6 Å². The summed E-state index contributed by atoms with van der Waals surface area (Å²) in [6, 6.07) is 5.68. The molecule has 0 saturated carbocycles. The van der Waals surface area contributed by atoms with E-state index in [0.29, 0.717) is 18.5 Å². The molecule has 6 nitrogen and oxygen atoms in total. The van der Waals surface area contributed by atoms with Crippen LogP contribution in [0.1, 0.15) is 62.5 Å². The van der Waals surface area contributed by atoms with Crippen LogP contribution in [0, 0.1) is 6.92 Å². The molecule has 1 atom stereocenters. The molecule has 1 amide bonds. The predicted octanol–water partition coefficient (Wildman–Crippen LogP) is 4.08. The van der Waals surface area contributed by atoms with Crippen LogP contribution in [0.3, 0.4) is 0 Å². The van der Waals surface area contributed by atoms with Crippen LogP contribution in [0.2, 0.25) is 0 Å². The van der Waals surface area contributed by atoms with Crippen molar-refractivity contribution in [1.29, 1.82) is 0 Å². The number of hydrogen-bond acceptors (Lipinski definition) is 4. The Kier molecular flexibility index (Phi) is 5.33. The molecule has 0 aliphatic carbocycles. The summed E-state index contributed by atoms with van der Waals surface area (Å²) in [5, 5.41) is 0.544. The van der Waals surface area contributed by atoms with Crippen LogP contribution in [0.4, 0.5) is 4.79 Å². The molecule has 2 aromatic rings. The van der Waals surface area contributed by atoms with E-state index in [0.717, 1.165) is 23.9 Å². The number of ketones is 1. The van der Waals surface area contributed by atoms with E-state index in [1.807, 2.05) is 50.5 Å². The lowest BCUT2D eigenvalue weighted by Crippen LogP contribution is -2.43. The number of ether oxygens (including phenoxy) is 1. The summed E-state index contributed by atoms with van der Waals surface area (Å²) in [6.07, 6.45) is 3.03. The van der Waals surface area contributed by atoms with E-state index in [9.17, 15) is 14.4 Å². The van der Waals surface area contributed by atoms with Crippen molar-refractivity contribution in [2.75, 3.05) is 13.1 Å². The number of nitrogens with zero attached hydrogens (tertiary/aromatic N) is 2. The van der Waals surface area contributed by atoms with Crippen LogP contribution in [-0.4, -0.2) is 40.0 Å². The number of carbonyl (C=O) groups excluding carboxylic acids is 2. The number of aromatic nitrogens is 1. The third kappa shape index (κ3) is 4.11. The number of benzene rings is 1. The standard InChI is InChI=1S/C22H28N2O4/c1-14-8-9-19-17(11-14)20(26)18(15(2)25)13-24(19)16-7-6-10-23(12-16)21(27)28-22(3,4)5/h8-9,11,13,16H,6-7,10,12H2,1-5H3/t16-/m0/s1. The SMILES string of the molecule is CC(=O)c1cn([C@H]2CCCN(C(=O)OC(C)(C)C)C2)c2ccc(C)cc2c1=O. The van der Waals surface area contributed by atoms with Crippen LogP contribution in [-0.2, 0) is 4.74 Å². The molecule has 1 aliphatic heterocycles. The quantitative estimate of drug-likeness (QED) is 0.732. The van der Waals surface area contributed by atoms with Gasteiger partial charge in [0.2, 0.25) is 0 Å². The Morgan fingerprint density at radius 2 is 1.93 bits per heavy atom. The minimum absolute atomic E-state index is 0.0230. The van der Waals surface area contributed by atoms with E-state index in [4.69, 9.17) is 4.74 Å². The van der Waals surface area contributed by atoms with Gasteiger partial charge < -0.3 is 14.2 Å². The lowest BCUT2D eigenvalue weighted by Gasteiger charge is -2.35. The van der Waals surface area contributed by atoms with Gasteiger partial charge in [-0.25, -0.2) is 4.79 Å². The van der Waals surface area contributed by atoms with Gasteiger partial charge in [-0.15, -0.1) is 0 Å². The van der Waals surface area contributed by atoms with Gasteiger partial charge in [-0.2, -0.15) is 0 Å². The first-order valence-corrected chi connectivity index (χ1v) is 9.71. The summed E-state index contributed by atoms with van der Waals surface area (Å²) in [5.74, 6) is -0.248. The fourth-order valence-electron chi connectivity index (χ4n) is 3.70. The van der Waals surface area contributed by atoms with Gasteiger partial charge in [0.25, 0.3) is 0 Å².